The molecule has 3 aromatic rings. The molecule has 0 spiro atoms. The maximum atomic E-state index is 4.37. The lowest BCUT2D eigenvalue weighted by molar-refractivity contribution is 1.17. The number of aromatic amines is 1. The average molecular weight is 189 g/mol. The number of H-pyrrole nitrogens is 1. The van der Waals surface area contributed by atoms with Crippen molar-refractivity contribution in [2.45, 2.75) is 6.92 Å². The third kappa shape index (κ3) is 0.954. The van der Waals surface area contributed by atoms with Gasteiger partial charge in [0.2, 0.25) is 0 Å². The molecule has 0 aliphatic heterocycles. The molecule has 0 fully saturated rings. The molecule has 4 heteroatoms. The summed E-state index contributed by atoms with van der Waals surface area (Å²) in [6, 6.07) is 4.12. The molecule has 0 saturated carbocycles. The van der Waals surface area contributed by atoms with Crippen molar-refractivity contribution in [2.24, 2.45) is 0 Å². The summed E-state index contributed by atoms with van der Waals surface area (Å²) in [6.45, 7) is 1.96. The van der Waals surface area contributed by atoms with Gasteiger partial charge in [-0.05, 0) is 19.1 Å². The smallest absolute Gasteiger partial charge is 0.104 e. The number of aromatic nitrogens is 3. The number of thiazole rings is 1. The van der Waals surface area contributed by atoms with Gasteiger partial charge in [0.25, 0.3) is 0 Å². The Morgan fingerprint density at radius 1 is 1.31 bits per heavy atom. The van der Waals surface area contributed by atoms with Crippen molar-refractivity contribution in [2.75, 3.05) is 0 Å². The summed E-state index contributed by atoms with van der Waals surface area (Å²) in [4.78, 5) is 11.8. The zero-order valence-corrected chi connectivity index (χ0v) is 7.85. The molecular formula is C9H7N3S. The number of rotatable bonds is 0. The Balaban J connectivity index is 2.54. The molecule has 0 radical (unpaired) electrons. The predicted octanol–water partition coefficient (Wildman–Crippen LogP) is 2.48. The molecule has 0 amide bonds. The third-order valence-electron chi connectivity index (χ3n) is 2.05. The number of benzene rings is 1. The lowest BCUT2D eigenvalue weighted by atomic mass is 10.3. The Kier molecular flexibility index (Phi) is 1.24. The van der Waals surface area contributed by atoms with Crippen molar-refractivity contribution in [3.05, 3.63) is 23.5 Å². The van der Waals surface area contributed by atoms with Gasteiger partial charge < -0.3 is 4.98 Å². The van der Waals surface area contributed by atoms with E-state index in [1.807, 2.05) is 18.5 Å². The van der Waals surface area contributed by atoms with Gasteiger partial charge in [-0.2, -0.15) is 0 Å². The quantitative estimate of drug-likeness (QED) is 0.590. The number of fused-ring (bicyclic) bond motifs is 2. The topological polar surface area (TPSA) is 41.6 Å². The van der Waals surface area contributed by atoms with Crippen molar-refractivity contribution in [3.8, 4) is 0 Å². The summed E-state index contributed by atoms with van der Waals surface area (Å²) in [5.74, 6) is 0.952. The fourth-order valence-electron chi connectivity index (χ4n) is 1.49. The monoisotopic (exact) mass is 189 g/mol. The molecule has 0 bridgehead atoms. The second kappa shape index (κ2) is 2.29. The van der Waals surface area contributed by atoms with Crippen LogP contribution in [0.25, 0.3) is 21.3 Å². The van der Waals surface area contributed by atoms with Gasteiger partial charge >= 0.3 is 0 Å². The molecule has 0 aliphatic rings. The van der Waals surface area contributed by atoms with E-state index in [1.165, 1.54) is 4.70 Å². The normalized spacial score (nSPS) is 11.5. The number of nitrogens with zero attached hydrogens (tertiary/aromatic N) is 2. The largest absolute Gasteiger partial charge is 0.342 e. The fraction of sp³-hybridized carbons (Fsp3) is 0.111. The SMILES string of the molecule is Cc1nc2cc3scnc3cc2[nH]1. The second-order valence-electron chi connectivity index (χ2n) is 3.01. The van der Waals surface area contributed by atoms with E-state index in [0.29, 0.717) is 0 Å². The minimum atomic E-state index is 0.952. The maximum Gasteiger partial charge on any atom is 0.104 e. The number of hydrogen-bond acceptors (Lipinski definition) is 3. The lowest BCUT2D eigenvalue weighted by Gasteiger charge is -1.87. The Bertz CT molecular complexity index is 531. The maximum absolute atomic E-state index is 4.37. The molecule has 0 unspecified atom stereocenters. The highest BCUT2D eigenvalue weighted by Gasteiger charge is 2.02. The Hall–Kier alpha value is -1.42. The molecule has 0 aliphatic carbocycles. The first-order valence-electron chi connectivity index (χ1n) is 4.02. The molecule has 3 nitrogen and oxygen atoms in total. The standard InChI is InChI=1S/C9H7N3S/c1-5-11-6-2-8-9(13-4-10-8)3-7(6)12-5/h2-4H,1H3,(H,11,12). The summed E-state index contributed by atoms with van der Waals surface area (Å²) >= 11 is 1.65. The van der Waals surface area contributed by atoms with Crippen LogP contribution in [0.5, 0.6) is 0 Å². The van der Waals surface area contributed by atoms with Crippen LogP contribution in [-0.2, 0) is 0 Å². The zero-order valence-electron chi connectivity index (χ0n) is 7.03. The van der Waals surface area contributed by atoms with Gasteiger partial charge in [-0.25, -0.2) is 9.97 Å². The summed E-state index contributed by atoms with van der Waals surface area (Å²) in [7, 11) is 0. The molecular weight excluding hydrogens is 182 g/mol. The first kappa shape index (κ1) is 7.03. The molecule has 0 atom stereocenters. The van der Waals surface area contributed by atoms with Gasteiger partial charge in [0.1, 0.15) is 5.82 Å². The van der Waals surface area contributed by atoms with Crippen LogP contribution in [0.4, 0.5) is 0 Å². The molecule has 2 aromatic heterocycles. The average Bonchev–Trinajstić information content (AvgIpc) is 2.63. The summed E-state index contributed by atoms with van der Waals surface area (Å²) in [5, 5.41) is 0. The van der Waals surface area contributed by atoms with E-state index in [1.54, 1.807) is 11.3 Å². The fourth-order valence-corrected chi connectivity index (χ4v) is 2.18. The highest BCUT2D eigenvalue weighted by atomic mass is 32.1. The van der Waals surface area contributed by atoms with Crippen LogP contribution in [0, 0.1) is 6.92 Å². The molecule has 64 valence electrons. The lowest BCUT2D eigenvalue weighted by Crippen LogP contribution is -1.70. The number of nitrogens with one attached hydrogen (secondary N) is 1. The van der Waals surface area contributed by atoms with Crippen LogP contribution in [0.1, 0.15) is 5.82 Å². The first-order chi connectivity index (χ1) is 6.33. The van der Waals surface area contributed by atoms with E-state index in [4.69, 9.17) is 0 Å². The number of imidazole rings is 1. The van der Waals surface area contributed by atoms with Crippen LogP contribution in [0.15, 0.2) is 17.6 Å². The van der Waals surface area contributed by atoms with Gasteiger partial charge in [-0.3, -0.25) is 0 Å². The number of hydrogen-bond donors (Lipinski definition) is 1. The summed E-state index contributed by atoms with van der Waals surface area (Å²) in [6.07, 6.45) is 0. The van der Waals surface area contributed by atoms with Gasteiger partial charge in [0.15, 0.2) is 0 Å². The Labute approximate surface area is 78.4 Å². The van der Waals surface area contributed by atoms with Gasteiger partial charge in [0, 0.05) is 0 Å². The van der Waals surface area contributed by atoms with E-state index < -0.39 is 0 Å². The Morgan fingerprint density at radius 3 is 3.15 bits per heavy atom. The van der Waals surface area contributed by atoms with Crippen LogP contribution < -0.4 is 0 Å². The van der Waals surface area contributed by atoms with Crippen molar-refractivity contribution in [1.29, 1.82) is 0 Å². The van der Waals surface area contributed by atoms with Crippen LogP contribution in [0.3, 0.4) is 0 Å². The van der Waals surface area contributed by atoms with Crippen molar-refractivity contribution in [3.63, 3.8) is 0 Å². The van der Waals surface area contributed by atoms with Crippen LogP contribution in [0.2, 0.25) is 0 Å². The molecule has 3 rings (SSSR count). The zero-order chi connectivity index (χ0) is 8.84. The van der Waals surface area contributed by atoms with E-state index in [9.17, 15) is 0 Å². The van der Waals surface area contributed by atoms with Gasteiger partial charge in [0.05, 0.1) is 26.8 Å². The molecule has 13 heavy (non-hydrogen) atoms. The van der Waals surface area contributed by atoms with Crippen molar-refractivity contribution in [1.82, 2.24) is 15.0 Å². The van der Waals surface area contributed by atoms with E-state index in [2.05, 4.69) is 21.0 Å². The number of aryl methyl sites for hydroxylation is 1. The molecule has 0 saturated heterocycles. The minimum Gasteiger partial charge on any atom is -0.342 e. The summed E-state index contributed by atoms with van der Waals surface area (Å²) < 4.78 is 1.19. The highest BCUT2D eigenvalue weighted by molar-refractivity contribution is 7.16. The molecule has 1 aromatic carbocycles. The molecule has 1 N–H and O–H groups in total. The highest BCUT2D eigenvalue weighted by Crippen LogP contribution is 2.23. The van der Waals surface area contributed by atoms with Crippen LogP contribution >= 0.6 is 11.3 Å². The van der Waals surface area contributed by atoms with Crippen molar-refractivity contribution >= 4 is 32.6 Å². The first-order valence-corrected chi connectivity index (χ1v) is 4.90. The second-order valence-corrected chi connectivity index (χ2v) is 3.90. The van der Waals surface area contributed by atoms with Crippen molar-refractivity contribution < 1.29 is 0 Å². The predicted molar refractivity (Wildman–Crippen MR) is 54.0 cm³/mol. The van der Waals surface area contributed by atoms with Crippen LogP contribution in [-0.4, -0.2) is 15.0 Å². The summed E-state index contributed by atoms with van der Waals surface area (Å²) in [5.41, 5.74) is 4.99. The molecule has 2 heterocycles. The van der Waals surface area contributed by atoms with Gasteiger partial charge in [-0.1, -0.05) is 0 Å². The third-order valence-corrected chi connectivity index (χ3v) is 2.84. The Morgan fingerprint density at radius 2 is 2.23 bits per heavy atom. The minimum absolute atomic E-state index is 0.952. The van der Waals surface area contributed by atoms with E-state index in [-0.39, 0.29) is 0 Å². The van der Waals surface area contributed by atoms with E-state index in [0.717, 1.165) is 22.4 Å². The van der Waals surface area contributed by atoms with E-state index >= 15 is 0 Å². The van der Waals surface area contributed by atoms with Gasteiger partial charge in [-0.15, -0.1) is 11.3 Å².